The predicted octanol–water partition coefficient (Wildman–Crippen LogP) is 7.72. The molecule has 0 bridgehead atoms. The van der Waals surface area contributed by atoms with Gasteiger partial charge >= 0.3 is 6.09 Å². The van der Waals surface area contributed by atoms with Gasteiger partial charge in [0.1, 0.15) is 16.9 Å². The van der Waals surface area contributed by atoms with Gasteiger partial charge in [0.05, 0.1) is 17.1 Å². The number of likely N-dealkylation sites (tertiary alicyclic amines) is 2. The predicted molar refractivity (Wildman–Crippen MR) is 211 cm³/mol. The molecule has 53 heavy (non-hydrogen) atoms. The average Bonchev–Trinajstić information content (AvgIpc) is 3.78. The number of allylic oxidation sites excluding steroid dienone is 1. The number of rotatable bonds is 7. The first kappa shape index (κ1) is 36.3. The van der Waals surface area contributed by atoms with Gasteiger partial charge in [0.25, 0.3) is 0 Å². The lowest BCUT2D eigenvalue weighted by atomic mass is 9.88. The molecule has 4 aliphatic rings. The summed E-state index contributed by atoms with van der Waals surface area (Å²) in [5, 5.41) is 3.90. The number of piperidine rings is 3. The summed E-state index contributed by atoms with van der Waals surface area (Å²) in [4.78, 5) is 30.3. The molecule has 284 valence electrons. The first-order valence-electron chi connectivity index (χ1n) is 20.4. The highest BCUT2D eigenvalue weighted by molar-refractivity contribution is 5.83. The van der Waals surface area contributed by atoms with E-state index in [-0.39, 0.29) is 6.09 Å². The van der Waals surface area contributed by atoms with Gasteiger partial charge in [-0.1, -0.05) is 13.0 Å². The van der Waals surface area contributed by atoms with Crippen molar-refractivity contribution in [2.24, 2.45) is 11.8 Å². The summed E-state index contributed by atoms with van der Waals surface area (Å²) in [5.41, 5.74) is 7.27. The highest BCUT2D eigenvalue weighted by Gasteiger charge is 2.31. The average molecular weight is 721 g/mol. The second kappa shape index (κ2) is 15.2. The van der Waals surface area contributed by atoms with Crippen LogP contribution >= 0.6 is 0 Å². The van der Waals surface area contributed by atoms with Crippen molar-refractivity contribution in [3.63, 3.8) is 0 Å². The van der Waals surface area contributed by atoms with E-state index in [1.54, 1.807) is 4.90 Å². The van der Waals surface area contributed by atoms with Crippen molar-refractivity contribution in [2.75, 3.05) is 52.9 Å². The van der Waals surface area contributed by atoms with Crippen molar-refractivity contribution in [2.45, 2.75) is 103 Å². The molecular formula is C43H60N8O2. The molecular weight excluding hydrogens is 661 g/mol. The molecule has 10 nitrogen and oxygen atoms in total. The van der Waals surface area contributed by atoms with Crippen molar-refractivity contribution in [3.8, 4) is 0 Å². The summed E-state index contributed by atoms with van der Waals surface area (Å²) in [7, 11) is 2.22. The number of nitrogens with one attached hydrogen (secondary N) is 1. The van der Waals surface area contributed by atoms with Gasteiger partial charge in [0.15, 0.2) is 0 Å². The summed E-state index contributed by atoms with van der Waals surface area (Å²) in [5.74, 6) is 2.19. The Kier molecular flexibility index (Phi) is 10.4. The Labute approximate surface area is 315 Å². The van der Waals surface area contributed by atoms with Crippen molar-refractivity contribution in [1.82, 2.24) is 38.8 Å². The lowest BCUT2D eigenvalue weighted by Crippen LogP contribution is -2.39. The molecule has 8 heterocycles. The van der Waals surface area contributed by atoms with E-state index in [9.17, 15) is 4.79 Å². The van der Waals surface area contributed by atoms with Crippen molar-refractivity contribution in [3.05, 3.63) is 77.6 Å². The lowest BCUT2D eigenvalue weighted by Gasteiger charge is -2.34. The Hall–Kier alpha value is -3.73. The largest absolute Gasteiger partial charge is 0.443 e. The summed E-state index contributed by atoms with van der Waals surface area (Å²) < 4.78 is 10.1. The number of amides is 1. The molecule has 4 aromatic heterocycles. The molecule has 1 unspecified atom stereocenters. The van der Waals surface area contributed by atoms with Gasteiger partial charge in [-0.3, -0.25) is 4.90 Å². The van der Waals surface area contributed by atoms with Crippen LogP contribution in [0.15, 0.2) is 55.1 Å². The summed E-state index contributed by atoms with van der Waals surface area (Å²) >= 11 is 0. The van der Waals surface area contributed by atoms with Crippen molar-refractivity contribution < 1.29 is 9.53 Å². The third-order valence-corrected chi connectivity index (χ3v) is 12.3. The molecule has 3 atom stereocenters. The number of hydrogen-bond acceptors (Lipinski definition) is 7. The second-order valence-electron chi connectivity index (χ2n) is 17.6. The van der Waals surface area contributed by atoms with Crippen molar-refractivity contribution >= 4 is 23.1 Å². The molecule has 3 fully saturated rings. The summed E-state index contributed by atoms with van der Waals surface area (Å²) in [6.45, 7) is 15.5. The van der Waals surface area contributed by atoms with E-state index in [1.165, 1.54) is 68.7 Å². The fourth-order valence-corrected chi connectivity index (χ4v) is 9.03. The van der Waals surface area contributed by atoms with Crippen LogP contribution in [0.25, 0.3) is 17.0 Å². The zero-order valence-corrected chi connectivity index (χ0v) is 32.6. The number of fused-ring (bicyclic) bond motifs is 2. The molecule has 10 heteroatoms. The quantitative estimate of drug-likeness (QED) is 0.209. The maximum Gasteiger partial charge on any atom is 0.414 e. The van der Waals surface area contributed by atoms with E-state index < -0.39 is 5.60 Å². The molecule has 0 aromatic carbocycles. The number of ether oxygens (including phenoxy) is 1. The van der Waals surface area contributed by atoms with Crippen LogP contribution in [0.4, 0.5) is 4.79 Å². The van der Waals surface area contributed by atoms with Gasteiger partial charge in [-0.05, 0) is 160 Å². The SMILES string of the molecule is C[C@H]1CC=C(c2ccn3cc(C4CCN(CC[C@H]5CCC(c6ccn7cc(C8CCN(C)CC8)nc7c6)NC5)CC4)nc3c2)N(C(=O)OC(C)(C)C)C1. The smallest absolute Gasteiger partial charge is 0.414 e. The first-order valence-corrected chi connectivity index (χ1v) is 20.4. The molecule has 0 spiro atoms. The number of carbonyl (C=O) groups is 1. The van der Waals surface area contributed by atoms with E-state index in [0.29, 0.717) is 30.3 Å². The molecule has 1 N–H and O–H groups in total. The van der Waals surface area contributed by atoms with E-state index in [2.05, 4.69) is 93.0 Å². The van der Waals surface area contributed by atoms with Crippen molar-refractivity contribution in [1.29, 1.82) is 0 Å². The molecule has 0 aliphatic carbocycles. The van der Waals surface area contributed by atoms with Crippen LogP contribution < -0.4 is 5.32 Å². The lowest BCUT2D eigenvalue weighted by molar-refractivity contribution is 0.0327. The van der Waals surface area contributed by atoms with Gasteiger partial charge in [0, 0.05) is 54.8 Å². The van der Waals surface area contributed by atoms with Crippen LogP contribution in [0.2, 0.25) is 0 Å². The molecule has 8 rings (SSSR count). The summed E-state index contributed by atoms with van der Waals surface area (Å²) in [6, 6.07) is 9.27. The van der Waals surface area contributed by atoms with Gasteiger partial charge in [-0.15, -0.1) is 0 Å². The molecule has 1 amide bonds. The number of pyridine rings is 2. The highest BCUT2D eigenvalue weighted by Crippen LogP contribution is 2.34. The molecule has 4 aromatic rings. The number of hydrogen-bond donors (Lipinski definition) is 1. The third kappa shape index (κ3) is 8.35. The molecule has 0 radical (unpaired) electrons. The first-order chi connectivity index (χ1) is 25.5. The third-order valence-electron chi connectivity index (χ3n) is 12.3. The van der Waals surface area contributed by atoms with Crippen LogP contribution in [0.1, 0.15) is 119 Å². The Morgan fingerprint density at radius 2 is 1.55 bits per heavy atom. The van der Waals surface area contributed by atoms with Crippen LogP contribution in [0.5, 0.6) is 0 Å². The number of nitrogens with zero attached hydrogens (tertiary/aromatic N) is 7. The molecule has 3 saturated heterocycles. The van der Waals surface area contributed by atoms with E-state index >= 15 is 0 Å². The molecule has 0 saturated carbocycles. The minimum absolute atomic E-state index is 0.282. The fraction of sp³-hybridized carbons (Fsp3) is 0.605. The number of imidazole rings is 2. The highest BCUT2D eigenvalue weighted by atomic mass is 16.6. The Balaban J connectivity index is 0.811. The zero-order chi connectivity index (χ0) is 36.7. The second-order valence-corrected chi connectivity index (χ2v) is 17.6. The zero-order valence-electron chi connectivity index (χ0n) is 32.6. The van der Waals surface area contributed by atoms with Gasteiger partial charge in [0.2, 0.25) is 0 Å². The van der Waals surface area contributed by atoms with Gasteiger partial charge in [-0.25, -0.2) is 14.8 Å². The van der Waals surface area contributed by atoms with E-state index in [4.69, 9.17) is 14.7 Å². The van der Waals surface area contributed by atoms with Crippen LogP contribution in [-0.2, 0) is 4.74 Å². The van der Waals surface area contributed by atoms with Crippen LogP contribution in [0.3, 0.4) is 0 Å². The topological polar surface area (TPSA) is 82.7 Å². The minimum atomic E-state index is -0.536. The van der Waals surface area contributed by atoms with E-state index in [1.807, 2.05) is 20.8 Å². The molecule has 4 aliphatic heterocycles. The summed E-state index contributed by atoms with van der Waals surface area (Å²) in [6.07, 6.45) is 20.1. The standard InChI is InChI=1S/C43H60N8O2/c1-30-6-9-39(51(27-30)42(52)53-43(2,3)4)35-16-23-50-29-38(46-41(50)25-35)33-13-20-48(21-14-33)19-10-31-7-8-36(44-26-31)34-15-22-49-28-37(45-40(49)24-34)32-11-17-47(5)18-12-32/h9,15-16,22-25,28-33,36,44H,6-8,10-14,17-21,26-27H2,1-5H3/t30-,31+,36?/m0/s1. The van der Waals surface area contributed by atoms with Gasteiger partial charge < -0.3 is 28.7 Å². The van der Waals surface area contributed by atoms with Crippen LogP contribution in [-0.4, -0.2) is 98.0 Å². The van der Waals surface area contributed by atoms with E-state index in [0.717, 1.165) is 67.4 Å². The minimum Gasteiger partial charge on any atom is -0.443 e. The monoisotopic (exact) mass is 720 g/mol. The maximum absolute atomic E-state index is 13.2. The Morgan fingerprint density at radius 1 is 0.887 bits per heavy atom. The van der Waals surface area contributed by atoms with Crippen LogP contribution in [0, 0.1) is 11.8 Å². The Bertz CT molecular complexity index is 1910. The number of aromatic nitrogens is 4. The fourth-order valence-electron chi connectivity index (χ4n) is 9.03. The Morgan fingerprint density at radius 3 is 2.21 bits per heavy atom. The van der Waals surface area contributed by atoms with Gasteiger partial charge in [-0.2, -0.15) is 0 Å². The normalized spacial score (nSPS) is 24.6. The number of carbonyl (C=O) groups excluding carboxylic acids is 1. The maximum atomic E-state index is 13.2.